The number of hydrogen-bond donors (Lipinski definition) is 0. The van der Waals surface area contributed by atoms with E-state index in [1.54, 1.807) is 5.56 Å². The van der Waals surface area contributed by atoms with Crippen LogP contribution < -0.4 is 0 Å². The first kappa shape index (κ1) is 22.6. The van der Waals surface area contributed by atoms with Gasteiger partial charge in [0.2, 0.25) is 0 Å². The van der Waals surface area contributed by atoms with Crippen molar-refractivity contribution in [3.63, 3.8) is 0 Å². The van der Waals surface area contributed by atoms with Gasteiger partial charge in [-0.1, -0.05) is 99.7 Å². The summed E-state index contributed by atoms with van der Waals surface area (Å²) >= 11 is 0. The van der Waals surface area contributed by atoms with Gasteiger partial charge in [-0.2, -0.15) is 0 Å². The van der Waals surface area contributed by atoms with Crippen molar-refractivity contribution < 1.29 is 0 Å². The number of rotatable bonds is 6. The van der Waals surface area contributed by atoms with Crippen molar-refractivity contribution in [1.82, 2.24) is 0 Å². The van der Waals surface area contributed by atoms with Gasteiger partial charge in [0, 0.05) is 0 Å². The summed E-state index contributed by atoms with van der Waals surface area (Å²) in [4.78, 5) is 0. The van der Waals surface area contributed by atoms with Crippen molar-refractivity contribution in [3.05, 3.63) is 107 Å². The summed E-state index contributed by atoms with van der Waals surface area (Å²) in [6, 6.07) is 23.6. The van der Waals surface area contributed by atoms with E-state index >= 15 is 0 Å². The first-order chi connectivity index (χ1) is 17.1. The Bertz CT molecular complexity index is 1250. The van der Waals surface area contributed by atoms with Crippen LogP contribution in [-0.2, 0) is 12.8 Å². The van der Waals surface area contributed by atoms with Gasteiger partial charge in [-0.05, 0) is 112 Å². The Balaban J connectivity index is 1.39. The van der Waals surface area contributed by atoms with Crippen LogP contribution in [0.4, 0.5) is 0 Å². The van der Waals surface area contributed by atoms with E-state index in [4.69, 9.17) is 0 Å². The van der Waals surface area contributed by atoms with Gasteiger partial charge < -0.3 is 0 Å². The quantitative estimate of drug-likeness (QED) is 0.345. The number of allylic oxidation sites excluding steroid dienone is 2. The highest BCUT2D eigenvalue weighted by atomic mass is 14.4. The summed E-state index contributed by atoms with van der Waals surface area (Å²) < 4.78 is 0. The van der Waals surface area contributed by atoms with E-state index in [-0.39, 0.29) is 0 Å². The Labute approximate surface area is 211 Å². The van der Waals surface area contributed by atoms with E-state index in [1.807, 2.05) is 0 Å². The Morgan fingerprint density at radius 1 is 0.886 bits per heavy atom. The van der Waals surface area contributed by atoms with Gasteiger partial charge in [0.05, 0.1) is 0 Å². The van der Waals surface area contributed by atoms with E-state index in [0.717, 1.165) is 30.6 Å². The average Bonchev–Trinajstić information content (AvgIpc) is 3.45. The lowest BCUT2D eigenvalue weighted by atomic mass is 9.74. The third-order valence-corrected chi connectivity index (χ3v) is 9.03. The van der Waals surface area contributed by atoms with Crippen LogP contribution in [0, 0.1) is 17.8 Å². The Morgan fingerprint density at radius 2 is 1.66 bits per heavy atom. The maximum Gasteiger partial charge on any atom is -0.00254 e. The molecule has 2 bridgehead atoms. The summed E-state index contributed by atoms with van der Waals surface area (Å²) in [5.74, 6) is 3.01. The predicted octanol–water partition coefficient (Wildman–Crippen LogP) is 9.48. The molecule has 35 heavy (non-hydrogen) atoms. The van der Waals surface area contributed by atoms with Gasteiger partial charge >= 0.3 is 0 Å². The Kier molecular flexibility index (Phi) is 6.01. The highest BCUT2D eigenvalue weighted by molar-refractivity contribution is 5.80. The van der Waals surface area contributed by atoms with Gasteiger partial charge in [0.1, 0.15) is 0 Å². The smallest absolute Gasteiger partial charge is 0.00254 e. The third-order valence-electron chi connectivity index (χ3n) is 9.03. The van der Waals surface area contributed by atoms with Crippen LogP contribution in [0.25, 0.3) is 22.8 Å². The van der Waals surface area contributed by atoms with Crippen LogP contribution in [0.1, 0.15) is 85.3 Å². The Hall–Kier alpha value is -2.86. The molecule has 178 valence electrons. The number of hydrogen-bond acceptors (Lipinski definition) is 0. The molecule has 2 saturated carbocycles. The van der Waals surface area contributed by atoms with Crippen LogP contribution in [0.15, 0.2) is 73.3 Å². The molecule has 3 aromatic rings. The van der Waals surface area contributed by atoms with Crippen molar-refractivity contribution in [2.45, 2.75) is 64.7 Å². The molecule has 0 saturated heterocycles. The Morgan fingerprint density at radius 3 is 2.40 bits per heavy atom. The van der Waals surface area contributed by atoms with Gasteiger partial charge in [0.15, 0.2) is 0 Å². The molecule has 0 aromatic heterocycles. The van der Waals surface area contributed by atoms with E-state index < -0.39 is 0 Å². The molecule has 3 aliphatic rings. The largest absolute Gasteiger partial charge is 0.0950 e. The monoisotopic (exact) mass is 458 g/mol. The van der Waals surface area contributed by atoms with Crippen molar-refractivity contribution in [1.29, 1.82) is 0 Å². The molecule has 2 fully saturated rings. The highest BCUT2D eigenvalue weighted by Gasteiger charge is 2.39. The summed E-state index contributed by atoms with van der Waals surface area (Å²) in [5, 5.41) is 0. The molecule has 6 rings (SSSR count). The fraction of sp³-hybridized carbons (Fsp3) is 0.371. The fourth-order valence-corrected chi connectivity index (χ4v) is 7.12. The fourth-order valence-electron chi connectivity index (χ4n) is 7.12. The normalized spacial score (nSPS) is 22.5. The number of fused-ring (bicyclic) bond motifs is 3. The van der Waals surface area contributed by atoms with Crippen LogP contribution in [0.2, 0.25) is 0 Å². The lowest BCUT2D eigenvalue weighted by Gasteiger charge is -2.31. The topological polar surface area (TPSA) is 0 Å². The lowest BCUT2D eigenvalue weighted by Crippen LogP contribution is -2.18. The van der Waals surface area contributed by atoms with Gasteiger partial charge in [0.25, 0.3) is 0 Å². The molecule has 0 N–H and O–H groups in total. The van der Waals surface area contributed by atoms with E-state index in [0.29, 0.717) is 5.92 Å². The third kappa shape index (κ3) is 4.33. The minimum atomic E-state index is 0.479. The summed E-state index contributed by atoms with van der Waals surface area (Å²) in [6.45, 7) is 8.73. The maximum atomic E-state index is 4.29. The lowest BCUT2D eigenvalue weighted by molar-refractivity contribution is 0.303. The molecule has 0 nitrogen and oxygen atoms in total. The van der Waals surface area contributed by atoms with E-state index in [9.17, 15) is 0 Å². The van der Waals surface area contributed by atoms with Crippen LogP contribution >= 0.6 is 0 Å². The molecule has 3 aliphatic carbocycles. The van der Waals surface area contributed by atoms with E-state index in [1.165, 1.54) is 76.6 Å². The average molecular weight is 459 g/mol. The van der Waals surface area contributed by atoms with Crippen molar-refractivity contribution in [2.75, 3.05) is 0 Å². The molecule has 0 aliphatic heterocycles. The minimum absolute atomic E-state index is 0.479. The molecular formula is C35H38. The molecule has 2 atom stereocenters. The number of benzene rings is 3. The second kappa shape index (κ2) is 9.30. The molecule has 0 amide bonds. The molecule has 0 spiro atoms. The SMILES string of the molecule is C=C(c1ccc(Cc2cc(-c3cccc4c3C=CC4)cc(C3C4CCCC3CC4)c2)cc1)C(C)C. The minimum Gasteiger partial charge on any atom is -0.0950 e. The molecule has 0 radical (unpaired) electrons. The zero-order valence-electron chi connectivity index (χ0n) is 21.4. The summed E-state index contributed by atoms with van der Waals surface area (Å²) in [6.07, 6.45) is 13.8. The summed E-state index contributed by atoms with van der Waals surface area (Å²) in [5.41, 5.74) is 12.7. The molecule has 2 unspecified atom stereocenters. The van der Waals surface area contributed by atoms with Crippen molar-refractivity contribution >= 4 is 11.6 Å². The van der Waals surface area contributed by atoms with Crippen molar-refractivity contribution in [2.24, 2.45) is 17.8 Å². The zero-order valence-corrected chi connectivity index (χ0v) is 21.4. The molecule has 0 heterocycles. The first-order valence-corrected chi connectivity index (χ1v) is 13.8. The molecular weight excluding hydrogens is 420 g/mol. The van der Waals surface area contributed by atoms with E-state index in [2.05, 4.69) is 93.2 Å². The highest BCUT2D eigenvalue weighted by Crippen LogP contribution is 2.52. The second-order valence-corrected chi connectivity index (χ2v) is 11.6. The van der Waals surface area contributed by atoms with Crippen LogP contribution in [0.3, 0.4) is 0 Å². The molecule has 3 aromatic carbocycles. The van der Waals surface area contributed by atoms with Crippen molar-refractivity contribution in [3.8, 4) is 11.1 Å². The predicted molar refractivity (Wildman–Crippen MR) is 151 cm³/mol. The van der Waals surface area contributed by atoms with Gasteiger partial charge in [-0.15, -0.1) is 0 Å². The summed E-state index contributed by atoms with van der Waals surface area (Å²) in [7, 11) is 0. The standard InChI is InChI=1S/C35H38/c1-23(2)24(3)27-15-13-25(14-16-27)19-26-20-31(34-12-6-8-28-7-5-11-33(28)34)22-32(21-26)35-29-9-4-10-30(35)18-17-29/h5-6,8,11-16,20-23,29-30,35H,3-4,7,9-10,17-19H2,1-2H3. The maximum absolute atomic E-state index is 4.29. The van der Waals surface area contributed by atoms with Gasteiger partial charge in [-0.3, -0.25) is 0 Å². The second-order valence-electron chi connectivity index (χ2n) is 11.6. The molecule has 0 heteroatoms. The first-order valence-electron chi connectivity index (χ1n) is 13.8. The van der Waals surface area contributed by atoms with Crippen LogP contribution in [0.5, 0.6) is 0 Å². The van der Waals surface area contributed by atoms with Gasteiger partial charge in [-0.25, -0.2) is 0 Å². The van der Waals surface area contributed by atoms with Crippen LogP contribution in [-0.4, -0.2) is 0 Å². The zero-order chi connectivity index (χ0) is 23.9.